The third-order valence-electron chi connectivity index (χ3n) is 3.79. The van der Waals surface area contributed by atoms with Gasteiger partial charge in [-0.1, -0.05) is 49.4 Å². The van der Waals surface area contributed by atoms with Gasteiger partial charge < -0.3 is 0 Å². The van der Waals surface area contributed by atoms with Gasteiger partial charge in [0.2, 0.25) is 5.95 Å². The Bertz CT molecular complexity index is 1070. The third-order valence-corrected chi connectivity index (χ3v) is 4.99. The van der Waals surface area contributed by atoms with Crippen LogP contribution in [0.15, 0.2) is 69.4 Å². The van der Waals surface area contributed by atoms with Crippen molar-refractivity contribution in [1.82, 2.24) is 9.97 Å². The Morgan fingerprint density at radius 1 is 1.25 bits per heavy atom. The Morgan fingerprint density at radius 3 is 2.82 bits per heavy atom. The van der Waals surface area contributed by atoms with Crippen LogP contribution < -0.4 is 11.0 Å². The molecule has 0 fully saturated rings. The van der Waals surface area contributed by atoms with E-state index in [2.05, 4.69) is 39.6 Å². The van der Waals surface area contributed by atoms with E-state index in [0.29, 0.717) is 11.3 Å². The molecular weight excluding hydrogens is 370 g/mol. The standard InChI is InChI=1S/C21H19N5OS/c1-2-11-28-17-10-6-7-15(12-17)14-23-26-21-24-19(16-8-4-3-5-9-16)18(13-22)20(27)25-21/h3-10,12,14H,2,11H2,1H3,(H2,24,25,26,27). The van der Waals surface area contributed by atoms with Gasteiger partial charge in [-0.25, -0.2) is 10.4 Å². The number of hydrogen-bond acceptors (Lipinski definition) is 6. The molecule has 28 heavy (non-hydrogen) atoms. The molecule has 0 saturated heterocycles. The Balaban J connectivity index is 1.82. The molecule has 0 amide bonds. The van der Waals surface area contributed by atoms with Crippen molar-refractivity contribution in [3.05, 3.63) is 76.1 Å². The van der Waals surface area contributed by atoms with Crippen LogP contribution in [0.4, 0.5) is 5.95 Å². The maximum atomic E-state index is 12.2. The lowest BCUT2D eigenvalue weighted by molar-refractivity contribution is 1.08. The van der Waals surface area contributed by atoms with E-state index in [1.807, 2.05) is 36.4 Å². The quantitative estimate of drug-likeness (QED) is 0.358. The molecule has 1 aromatic heterocycles. The van der Waals surface area contributed by atoms with Crippen molar-refractivity contribution >= 4 is 23.9 Å². The average Bonchev–Trinajstić information content (AvgIpc) is 2.73. The molecule has 0 aliphatic heterocycles. The smallest absolute Gasteiger partial charge is 0.270 e. The summed E-state index contributed by atoms with van der Waals surface area (Å²) in [7, 11) is 0. The normalized spacial score (nSPS) is 10.7. The molecule has 0 bridgehead atoms. The summed E-state index contributed by atoms with van der Waals surface area (Å²) >= 11 is 1.80. The van der Waals surface area contributed by atoms with E-state index in [0.717, 1.165) is 17.7 Å². The predicted molar refractivity (Wildman–Crippen MR) is 114 cm³/mol. The number of aromatic nitrogens is 2. The molecule has 6 nitrogen and oxygen atoms in total. The van der Waals surface area contributed by atoms with Crippen molar-refractivity contribution in [1.29, 1.82) is 5.26 Å². The van der Waals surface area contributed by atoms with Crippen molar-refractivity contribution in [3.63, 3.8) is 0 Å². The number of aromatic amines is 1. The van der Waals surface area contributed by atoms with Crippen LogP contribution in [0.3, 0.4) is 0 Å². The average molecular weight is 389 g/mol. The number of anilines is 1. The second kappa shape index (κ2) is 9.53. The third kappa shape index (κ3) is 4.87. The van der Waals surface area contributed by atoms with Gasteiger partial charge in [0.05, 0.1) is 11.9 Å². The molecule has 0 unspecified atom stereocenters. The number of rotatable bonds is 7. The first-order valence-electron chi connectivity index (χ1n) is 8.83. The van der Waals surface area contributed by atoms with E-state index in [1.54, 1.807) is 30.1 Å². The number of benzene rings is 2. The van der Waals surface area contributed by atoms with E-state index in [9.17, 15) is 10.1 Å². The molecule has 3 aromatic rings. The largest absolute Gasteiger partial charge is 0.290 e. The van der Waals surface area contributed by atoms with Gasteiger partial charge in [-0.3, -0.25) is 9.78 Å². The first kappa shape index (κ1) is 19.4. The van der Waals surface area contributed by atoms with E-state index < -0.39 is 5.56 Å². The van der Waals surface area contributed by atoms with Gasteiger partial charge in [0.25, 0.3) is 5.56 Å². The van der Waals surface area contributed by atoms with Crippen LogP contribution in [0.25, 0.3) is 11.3 Å². The number of hydrogen-bond donors (Lipinski definition) is 2. The molecule has 0 aliphatic carbocycles. The molecule has 0 radical (unpaired) electrons. The zero-order valence-corrected chi connectivity index (χ0v) is 16.2. The molecule has 2 aromatic carbocycles. The van der Waals surface area contributed by atoms with Gasteiger partial charge in [0.15, 0.2) is 0 Å². The topological polar surface area (TPSA) is 93.9 Å². The van der Waals surface area contributed by atoms with Crippen LogP contribution in [0.5, 0.6) is 0 Å². The summed E-state index contributed by atoms with van der Waals surface area (Å²) in [5, 5.41) is 13.5. The predicted octanol–water partition coefficient (Wildman–Crippen LogP) is 4.26. The number of nitrogens with zero attached hydrogens (tertiary/aromatic N) is 3. The Labute approximate surface area is 167 Å². The molecule has 7 heteroatoms. The fraction of sp³-hybridized carbons (Fsp3) is 0.143. The van der Waals surface area contributed by atoms with Gasteiger partial charge in [-0.15, -0.1) is 11.8 Å². The Kier molecular flexibility index (Phi) is 6.60. The van der Waals surface area contributed by atoms with Crippen LogP contribution in [0, 0.1) is 11.3 Å². The summed E-state index contributed by atoms with van der Waals surface area (Å²) in [4.78, 5) is 20.3. The highest BCUT2D eigenvalue weighted by Crippen LogP contribution is 2.20. The van der Waals surface area contributed by atoms with Crippen molar-refractivity contribution in [2.75, 3.05) is 11.2 Å². The summed E-state index contributed by atoms with van der Waals surface area (Å²) in [5.41, 5.74) is 4.16. The highest BCUT2D eigenvalue weighted by atomic mass is 32.2. The molecule has 140 valence electrons. The van der Waals surface area contributed by atoms with E-state index in [4.69, 9.17) is 0 Å². The second-order valence-electron chi connectivity index (χ2n) is 5.91. The summed E-state index contributed by atoms with van der Waals surface area (Å²) in [5.74, 6) is 1.24. The number of thioether (sulfide) groups is 1. The molecule has 0 aliphatic rings. The van der Waals surface area contributed by atoms with Gasteiger partial charge in [0.1, 0.15) is 11.6 Å². The maximum Gasteiger partial charge on any atom is 0.270 e. The number of nitriles is 1. The number of H-pyrrole nitrogens is 1. The monoisotopic (exact) mass is 389 g/mol. The zero-order chi connectivity index (χ0) is 19.8. The minimum Gasteiger partial charge on any atom is -0.290 e. The van der Waals surface area contributed by atoms with Crippen molar-refractivity contribution < 1.29 is 0 Å². The van der Waals surface area contributed by atoms with E-state index >= 15 is 0 Å². The fourth-order valence-electron chi connectivity index (χ4n) is 2.51. The lowest BCUT2D eigenvalue weighted by Crippen LogP contribution is -2.16. The molecular formula is C21H19N5OS. The number of hydrazone groups is 1. The zero-order valence-electron chi connectivity index (χ0n) is 15.3. The molecule has 0 spiro atoms. The van der Waals surface area contributed by atoms with Gasteiger partial charge >= 0.3 is 0 Å². The molecule has 2 N–H and O–H groups in total. The van der Waals surface area contributed by atoms with Crippen LogP contribution in [0.1, 0.15) is 24.5 Å². The van der Waals surface area contributed by atoms with E-state index in [1.165, 1.54) is 4.90 Å². The maximum absolute atomic E-state index is 12.2. The number of nitrogens with one attached hydrogen (secondary N) is 2. The SMILES string of the molecule is CCCSc1cccc(C=NNc2nc(-c3ccccc3)c(C#N)c(=O)[nH]2)c1. The van der Waals surface area contributed by atoms with Crippen molar-refractivity contribution in [2.24, 2.45) is 5.10 Å². The van der Waals surface area contributed by atoms with Crippen molar-refractivity contribution in [2.45, 2.75) is 18.2 Å². The Morgan fingerprint density at radius 2 is 2.07 bits per heavy atom. The fourth-order valence-corrected chi connectivity index (χ4v) is 3.34. The molecule has 0 saturated carbocycles. The van der Waals surface area contributed by atoms with Gasteiger partial charge in [-0.05, 0) is 29.9 Å². The van der Waals surface area contributed by atoms with Crippen LogP contribution in [-0.2, 0) is 0 Å². The lowest BCUT2D eigenvalue weighted by atomic mass is 10.1. The highest BCUT2D eigenvalue weighted by Gasteiger charge is 2.12. The summed E-state index contributed by atoms with van der Waals surface area (Å²) in [6.45, 7) is 2.15. The lowest BCUT2D eigenvalue weighted by Gasteiger charge is -2.06. The van der Waals surface area contributed by atoms with Crippen LogP contribution >= 0.6 is 11.8 Å². The van der Waals surface area contributed by atoms with Crippen molar-refractivity contribution in [3.8, 4) is 17.3 Å². The molecule has 1 heterocycles. The van der Waals surface area contributed by atoms with Gasteiger partial charge in [-0.2, -0.15) is 10.4 Å². The summed E-state index contributed by atoms with van der Waals surface area (Å²) in [6, 6.07) is 19.1. The summed E-state index contributed by atoms with van der Waals surface area (Å²) in [6.07, 6.45) is 2.78. The molecule has 3 rings (SSSR count). The summed E-state index contributed by atoms with van der Waals surface area (Å²) < 4.78 is 0. The minimum atomic E-state index is -0.507. The first-order valence-corrected chi connectivity index (χ1v) is 9.81. The Hall–Kier alpha value is -3.37. The minimum absolute atomic E-state index is 0.0265. The second-order valence-corrected chi connectivity index (χ2v) is 7.08. The molecule has 0 atom stereocenters. The van der Waals surface area contributed by atoms with E-state index in [-0.39, 0.29) is 11.5 Å². The highest BCUT2D eigenvalue weighted by molar-refractivity contribution is 7.99. The van der Waals surface area contributed by atoms with Crippen LogP contribution in [0.2, 0.25) is 0 Å². The van der Waals surface area contributed by atoms with Crippen LogP contribution in [-0.4, -0.2) is 21.9 Å². The first-order chi connectivity index (χ1) is 13.7. The van der Waals surface area contributed by atoms with Gasteiger partial charge in [0, 0.05) is 10.5 Å².